The molecule has 0 spiro atoms. The van der Waals surface area contributed by atoms with Crippen molar-refractivity contribution in [1.82, 2.24) is 10.2 Å². The minimum Gasteiger partial charge on any atom is -0.444 e. The first-order valence-electron chi connectivity index (χ1n) is 11.9. The molecule has 0 saturated heterocycles. The number of carbonyl (C=O) groups excluding carboxylic acids is 3. The molecule has 200 valence electrons. The highest BCUT2D eigenvalue weighted by molar-refractivity contribution is 6.34. The number of nitrogens with one attached hydrogen (secondary N) is 2. The average Bonchev–Trinajstić information content (AvgIpc) is 2.80. The average molecular weight is 530 g/mol. The number of anilines is 1. The van der Waals surface area contributed by atoms with Crippen LogP contribution in [-0.2, 0) is 14.3 Å². The minimum absolute atomic E-state index is 0.0295. The molecule has 0 aromatic heterocycles. The Morgan fingerprint density at radius 2 is 1.81 bits per heavy atom. The number of aryl methyl sites for hydroxylation is 3. The van der Waals surface area contributed by atoms with Gasteiger partial charge >= 0.3 is 6.09 Å². The van der Waals surface area contributed by atoms with Crippen molar-refractivity contribution < 1.29 is 24.2 Å². The highest BCUT2D eigenvalue weighted by Crippen LogP contribution is 2.31. The number of hydrogen-bond acceptors (Lipinski definition) is 5. The fourth-order valence-electron chi connectivity index (χ4n) is 3.78. The summed E-state index contributed by atoms with van der Waals surface area (Å²) in [5, 5.41) is 15.6. The molecule has 0 aliphatic rings. The number of hydrogen-bond donors (Lipinski definition) is 3. The van der Waals surface area contributed by atoms with Crippen molar-refractivity contribution in [2.75, 3.05) is 18.5 Å². The number of para-hydroxylation sites is 1. The molecular weight excluding hydrogens is 494 g/mol. The van der Waals surface area contributed by atoms with E-state index in [0.717, 1.165) is 16.7 Å². The van der Waals surface area contributed by atoms with Crippen LogP contribution in [0.1, 0.15) is 49.1 Å². The smallest absolute Gasteiger partial charge is 0.408 e. The summed E-state index contributed by atoms with van der Waals surface area (Å²) in [5.74, 6) is -1.18. The summed E-state index contributed by atoms with van der Waals surface area (Å²) in [6.45, 7) is 13.6. The summed E-state index contributed by atoms with van der Waals surface area (Å²) < 4.78 is 5.25. The molecule has 0 radical (unpaired) electrons. The molecule has 9 heteroatoms. The number of amides is 3. The fraction of sp³-hybridized carbons (Fsp3) is 0.393. The maximum absolute atomic E-state index is 13.9. The lowest BCUT2D eigenvalue weighted by Crippen LogP contribution is -2.54. The zero-order valence-electron chi connectivity index (χ0n) is 22.2. The van der Waals surface area contributed by atoms with Crippen molar-refractivity contribution in [3.63, 3.8) is 0 Å². The highest BCUT2D eigenvalue weighted by Gasteiger charge is 2.36. The van der Waals surface area contributed by atoms with E-state index in [-0.39, 0.29) is 6.54 Å². The molecule has 3 amide bonds. The van der Waals surface area contributed by atoms with Gasteiger partial charge in [-0.25, -0.2) is 4.79 Å². The predicted octanol–water partition coefficient (Wildman–Crippen LogP) is 4.85. The largest absolute Gasteiger partial charge is 0.444 e. The molecule has 0 heterocycles. The Bertz CT molecular complexity index is 1140. The van der Waals surface area contributed by atoms with Gasteiger partial charge in [0.1, 0.15) is 17.7 Å². The van der Waals surface area contributed by atoms with E-state index < -0.39 is 42.2 Å². The normalized spacial score (nSPS) is 12.8. The van der Waals surface area contributed by atoms with Gasteiger partial charge in [0.15, 0.2) is 0 Å². The highest BCUT2D eigenvalue weighted by atomic mass is 35.5. The van der Waals surface area contributed by atoms with Crippen LogP contribution in [0.25, 0.3) is 0 Å². The molecule has 0 fully saturated rings. The summed E-state index contributed by atoms with van der Waals surface area (Å²) in [4.78, 5) is 41.2. The van der Waals surface area contributed by atoms with Crippen molar-refractivity contribution >= 4 is 35.2 Å². The van der Waals surface area contributed by atoms with Crippen LogP contribution >= 0.6 is 11.6 Å². The molecule has 2 aromatic rings. The summed E-state index contributed by atoms with van der Waals surface area (Å²) in [7, 11) is 0. The first kappa shape index (κ1) is 29.9. The molecule has 3 N–H and O–H groups in total. The van der Waals surface area contributed by atoms with E-state index in [0.29, 0.717) is 16.3 Å². The lowest BCUT2D eigenvalue weighted by atomic mass is 9.96. The Labute approximate surface area is 223 Å². The first-order valence-corrected chi connectivity index (χ1v) is 12.3. The van der Waals surface area contributed by atoms with Gasteiger partial charge < -0.3 is 25.4 Å². The maximum atomic E-state index is 13.9. The number of benzene rings is 2. The van der Waals surface area contributed by atoms with Gasteiger partial charge in [-0.3, -0.25) is 9.59 Å². The summed E-state index contributed by atoms with van der Waals surface area (Å²) in [6.07, 6.45) is 0.615. The second-order valence-corrected chi connectivity index (χ2v) is 10.3. The Hall–Kier alpha value is -3.36. The topological polar surface area (TPSA) is 108 Å². The number of ether oxygens (including phenoxy) is 1. The molecule has 0 aliphatic heterocycles. The van der Waals surface area contributed by atoms with Crippen LogP contribution in [0.2, 0.25) is 5.02 Å². The van der Waals surface area contributed by atoms with Crippen LogP contribution in [0.5, 0.6) is 0 Å². The van der Waals surface area contributed by atoms with Crippen molar-refractivity contribution in [3.05, 3.63) is 76.3 Å². The number of nitrogens with zero attached hydrogens (tertiary/aromatic N) is 1. The van der Waals surface area contributed by atoms with Gasteiger partial charge in [-0.05, 0) is 64.3 Å². The first-order chi connectivity index (χ1) is 17.3. The monoisotopic (exact) mass is 529 g/mol. The molecule has 0 saturated carbocycles. The Morgan fingerprint density at radius 3 is 2.38 bits per heavy atom. The standard InChI is InChI=1S/C28H36ClN3O5/c1-8-14-32(26(35)22(16-33)30-27(36)37-28(5,6)7)24(20-15-17(2)12-13-18(20)3)25(34)31-23-19(4)10-9-11-21(23)29/h8-13,15,22,24,33H,1,14,16H2,2-7H3,(H,30,36)(H,31,34). The summed E-state index contributed by atoms with van der Waals surface area (Å²) in [6, 6.07) is 8.39. The second-order valence-electron chi connectivity index (χ2n) is 9.84. The Morgan fingerprint density at radius 1 is 1.14 bits per heavy atom. The fourth-order valence-corrected chi connectivity index (χ4v) is 4.05. The zero-order chi connectivity index (χ0) is 27.9. The minimum atomic E-state index is -1.35. The van der Waals surface area contributed by atoms with E-state index in [4.69, 9.17) is 16.3 Å². The van der Waals surface area contributed by atoms with Crippen LogP contribution < -0.4 is 10.6 Å². The third kappa shape index (κ3) is 8.06. The van der Waals surface area contributed by atoms with Crippen molar-refractivity contribution in [2.45, 2.75) is 59.2 Å². The Balaban J connectivity index is 2.55. The van der Waals surface area contributed by atoms with Gasteiger partial charge in [0.25, 0.3) is 5.91 Å². The number of alkyl carbamates (subject to hydrolysis) is 1. The van der Waals surface area contributed by atoms with E-state index in [1.807, 2.05) is 45.0 Å². The van der Waals surface area contributed by atoms with Crippen LogP contribution in [0, 0.1) is 20.8 Å². The van der Waals surface area contributed by atoms with E-state index in [2.05, 4.69) is 17.2 Å². The molecule has 8 nitrogen and oxygen atoms in total. The van der Waals surface area contributed by atoms with Gasteiger partial charge in [0.2, 0.25) is 5.91 Å². The van der Waals surface area contributed by atoms with Gasteiger partial charge in [-0.15, -0.1) is 6.58 Å². The lowest BCUT2D eigenvalue weighted by Gasteiger charge is -2.34. The molecule has 0 bridgehead atoms. The quantitative estimate of drug-likeness (QED) is 0.403. The van der Waals surface area contributed by atoms with Gasteiger partial charge in [-0.2, -0.15) is 0 Å². The lowest BCUT2D eigenvalue weighted by molar-refractivity contribution is -0.140. The van der Waals surface area contributed by atoms with Crippen molar-refractivity contribution in [3.8, 4) is 0 Å². The molecule has 37 heavy (non-hydrogen) atoms. The molecule has 2 rings (SSSR count). The van der Waals surface area contributed by atoms with Gasteiger partial charge in [0, 0.05) is 6.54 Å². The zero-order valence-corrected chi connectivity index (χ0v) is 23.0. The van der Waals surface area contributed by atoms with Gasteiger partial charge in [-0.1, -0.05) is 53.6 Å². The van der Waals surface area contributed by atoms with E-state index in [1.54, 1.807) is 32.9 Å². The van der Waals surface area contributed by atoms with Gasteiger partial charge in [0.05, 0.1) is 17.3 Å². The third-order valence-corrected chi connectivity index (χ3v) is 5.85. The third-order valence-electron chi connectivity index (χ3n) is 5.54. The molecule has 2 unspecified atom stereocenters. The number of rotatable bonds is 9. The summed E-state index contributed by atoms with van der Waals surface area (Å²) in [5.41, 5.74) is 2.64. The van der Waals surface area contributed by atoms with Crippen LogP contribution in [0.3, 0.4) is 0 Å². The molecular formula is C28H36ClN3O5. The predicted molar refractivity (Wildman–Crippen MR) is 146 cm³/mol. The SMILES string of the molecule is C=CCN(C(=O)C(CO)NC(=O)OC(C)(C)C)C(C(=O)Nc1c(C)cccc1Cl)c1cc(C)ccc1C. The second kappa shape index (κ2) is 12.7. The number of aliphatic hydroxyl groups excluding tert-OH is 1. The van der Waals surface area contributed by atoms with Crippen molar-refractivity contribution in [1.29, 1.82) is 0 Å². The number of carbonyl (C=O) groups is 3. The van der Waals surface area contributed by atoms with E-state index in [9.17, 15) is 19.5 Å². The van der Waals surface area contributed by atoms with E-state index in [1.165, 1.54) is 11.0 Å². The van der Waals surface area contributed by atoms with Crippen molar-refractivity contribution in [2.24, 2.45) is 0 Å². The summed E-state index contributed by atoms with van der Waals surface area (Å²) >= 11 is 6.36. The number of halogens is 1. The van der Waals surface area contributed by atoms with E-state index >= 15 is 0 Å². The Kier molecular flexibility index (Phi) is 10.3. The van der Waals surface area contributed by atoms with Crippen LogP contribution in [0.15, 0.2) is 49.1 Å². The maximum Gasteiger partial charge on any atom is 0.408 e. The molecule has 2 aromatic carbocycles. The molecule has 0 aliphatic carbocycles. The molecule has 2 atom stereocenters. The van der Waals surface area contributed by atoms with Crippen LogP contribution in [0.4, 0.5) is 10.5 Å². The van der Waals surface area contributed by atoms with Crippen LogP contribution in [-0.4, -0.2) is 52.7 Å². The number of aliphatic hydroxyl groups is 1.